The Morgan fingerprint density at radius 2 is 2.06 bits per heavy atom. The number of allylic oxidation sites excluding steroid dienone is 4. The molecule has 0 radical (unpaired) electrons. The van der Waals surface area contributed by atoms with Gasteiger partial charge >= 0.3 is 122 Å². The fourth-order valence-electron chi connectivity index (χ4n) is 1.78. The first kappa shape index (κ1) is 13.7. The Kier molecular flexibility index (Phi) is 4.88. The molecule has 0 amide bonds. The molecule has 0 aliphatic heterocycles. The van der Waals surface area contributed by atoms with Crippen LogP contribution in [0.2, 0.25) is 3.97 Å². The Labute approximate surface area is 121 Å². The molecule has 0 N–H and O–H groups in total. The third-order valence-electron chi connectivity index (χ3n) is 2.75. The normalized spacial score (nSPS) is 18.9. The quantitative estimate of drug-likeness (QED) is 0.577. The second-order valence-corrected chi connectivity index (χ2v) is 7.07. The predicted molar refractivity (Wildman–Crippen MR) is 78.3 cm³/mol. The van der Waals surface area contributed by atoms with Crippen LogP contribution < -0.4 is 4.74 Å². The van der Waals surface area contributed by atoms with E-state index in [9.17, 15) is 0 Å². The molecule has 0 spiro atoms. The number of ether oxygens (including phenoxy) is 1. The minimum atomic E-state index is -0.507. The summed E-state index contributed by atoms with van der Waals surface area (Å²) in [6.07, 6.45) is 6.35. The summed E-state index contributed by atoms with van der Waals surface area (Å²) >= 11 is -0.507. The number of benzene rings is 1. The molecular weight excluding hydrogens is 361 g/mol. The van der Waals surface area contributed by atoms with Gasteiger partial charge in [0.15, 0.2) is 0 Å². The molecule has 0 aromatic heterocycles. The predicted octanol–water partition coefficient (Wildman–Crippen LogP) is 3.93. The molecule has 1 unspecified atom stereocenters. The molecule has 4 heteroatoms. The molecule has 0 fully saturated rings. The van der Waals surface area contributed by atoms with E-state index >= 15 is 0 Å². The Morgan fingerprint density at radius 3 is 2.67 bits per heavy atom. The summed E-state index contributed by atoms with van der Waals surface area (Å²) in [5, 5.41) is 0. The molecule has 1 aliphatic rings. The van der Waals surface area contributed by atoms with Gasteiger partial charge in [-0.3, -0.25) is 0 Å². The van der Waals surface area contributed by atoms with Crippen LogP contribution in [0, 0.1) is 0 Å². The summed E-state index contributed by atoms with van der Waals surface area (Å²) in [4.78, 5) is 4.63. The summed E-state index contributed by atoms with van der Waals surface area (Å²) in [6, 6.07) is 7.75. The van der Waals surface area contributed by atoms with E-state index in [-0.39, 0.29) is 0 Å². The van der Waals surface area contributed by atoms with Gasteiger partial charge in [0.1, 0.15) is 0 Å². The van der Waals surface area contributed by atoms with E-state index in [1.54, 1.807) is 7.11 Å². The average molecular weight is 375 g/mol. The second kappa shape index (κ2) is 6.43. The Balaban J connectivity index is 2.17. The zero-order valence-corrected chi connectivity index (χ0v) is 13.3. The van der Waals surface area contributed by atoms with Crippen molar-refractivity contribution in [2.45, 2.75) is 10.9 Å². The average Bonchev–Trinajstić information content (AvgIpc) is 2.88. The van der Waals surface area contributed by atoms with Gasteiger partial charge in [0.05, 0.1) is 0 Å². The standard InChI is InChI=1S/C14H14ClNOTe/c1-10(13-4-3-5-14(13)18-15)16-11-6-8-12(17-2)9-7-11/h3-9,14H,1-2H3. The Bertz CT molecular complexity index is 505. The van der Waals surface area contributed by atoms with Crippen LogP contribution in [0.4, 0.5) is 5.69 Å². The Hall–Kier alpha value is -0.750. The van der Waals surface area contributed by atoms with Crippen molar-refractivity contribution < 1.29 is 4.74 Å². The van der Waals surface area contributed by atoms with E-state index in [1.165, 1.54) is 5.57 Å². The number of hydrogen-bond acceptors (Lipinski definition) is 2. The van der Waals surface area contributed by atoms with Crippen molar-refractivity contribution >= 4 is 40.2 Å². The van der Waals surface area contributed by atoms with Crippen LogP contribution in [0.1, 0.15) is 6.92 Å². The fraction of sp³-hybridized carbons (Fsp3) is 0.214. The zero-order chi connectivity index (χ0) is 13.0. The van der Waals surface area contributed by atoms with E-state index in [4.69, 9.17) is 13.7 Å². The van der Waals surface area contributed by atoms with Crippen LogP contribution in [0.15, 0.2) is 53.1 Å². The summed E-state index contributed by atoms with van der Waals surface area (Å²) < 4.78 is 5.54. The van der Waals surface area contributed by atoms with E-state index in [1.807, 2.05) is 31.2 Å². The van der Waals surface area contributed by atoms with Gasteiger partial charge in [-0.2, -0.15) is 0 Å². The first-order valence-electron chi connectivity index (χ1n) is 5.60. The van der Waals surface area contributed by atoms with E-state index in [2.05, 4.69) is 23.2 Å². The molecule has 0 saturated carbocycles. The molecule has 0 heterocycles. The monoisotopic (exact) mass is 377 g/mol. The molecule has 1 aromatic rings. The third-order valence-corrected chi connectivity index (χ3v) is 5.76. The topological polar surface area (TPSA) is 21.6 Å². The summed E-state index contributed by atoms with van der Waals surface area (Å²) in [6.45, 7) is 2.04. The Morgan fingerprint density at radius 1 is 1.33 bits per heavy atom. The summed E-state index contributed by atoms with van der Waals surface area (Å²) in [5.74, 6) is 0.846. The van der Waals surface area contributed by atoms with Gasteiger partial charge in [0.2, 0.25) is 0 Å². The molecule has 1 aromatic carbocycles. The zero-order valence-electron chi connectivity index (χ0n) is 10.3. The first-order valence-corrected chi connectivity index (χ1v) is 9.89. The molecule has 1 atom stereocenters. The van der Waals surface area contributed by atoms with Crippen LogP contribution in [0.3, 0.4) is 0 Å². The maximum atomic E-state index is 6.06. The molecule has 1 aliphatic carbocycles. The maximum absolute atomic E-state index is 6.06. The third kappa shape index (κ3) is 3.17. The van der Waals surface area contributed by atoms with Gasteiger partial charge in [-0.05, 0) is 0 Å². The van der Waals surface area contributed by atoms with Crippen molar-refractivity contribution in [3.05, 3.63) is 48.1 Å². The van der Waals surface area contributed by atoms with Gasteiger partial charge < -0.3 is 0 Å². The SMILES string of the molecule is COc1ccc(N=C(C)C2=CC=CC2[Te]Cl)cc1. The van der Waals surface area contributed by atoms with Crippen LogP contribution in [-0.4, -0.2) is 32.6 Å². The van der Waals surface area contributed by atoms with Crippen molar-refractivity contribution in [3.63, 3.8) is 0 Å². The number of methoxy groups -OCH3 is 1. The van der Waals surface area contributed by atoms with E-state index < -0.39 is 19.8 Å². The van der Waals surface area contributed by atoms with Crippen molar-refractivity contribution in [2.75, 3.05) is 7.11 Å². The van der Waals surface area contributed by atoms with Gasteiger partial charge in [0.25, 0.3) is 0 Å². The first-order chi connectivity index (χ1) is 8.74. The van der Waals surface area contributed by atoms with E-state index in [0.717, 1.165) is 17.1 Å². The van der Waals surface area contributed by atoms with Crippen LogP contribution in [0.5, 0.6) is 5.75 Å². The van der Waals surface area contributed by atoms with Gasteiger partial charge in [-0.1, -0.05) is 0 Å². The second-order valence-electron chi connectivity index (χ2n) is 3.91. The number of hydrogen-bond donors (Lipinski definition) is 0. The van der Waals surface area contributed by atoms with Crippen LogP contribution >= 0.6 is 8.96 Å². The number of rotatable bonds is 4. The van der Waals surface area contributed by atoms with E-state index in [0.29, 0.717) is 3.97 Å². The molecule has 18 heavy (non-hydrogen) atoms. The molecular formula is C14H14ClNOTe. The number of nitrogens with zero attached hydrogens (tertiary/aromatic N) is 1. The van der Waals surface area contributed by atoms with Crippen molar-refractivity contribution in [3.8, 4) is 5.75 Å². The fourth-order valence-corrected chi connectivity index (χ4v) is 4.23. The van der Waals surface area contributed by atoms with Crippen molar-refractivity contribution in [1.82, 2.24) is 0 Å². The summed E-state index contributed by atoms with van der Waals surface area (Å²) in [7, 11) is 7.72. The summed E-state index contributed by atoms with van der Waals surface area (Å²) in [5.41, 5.74) is 3.24. The van der Waals surface area contributed by atoms with Crippen molar-refractivity contribution in [1.29, 1.82) is 0 Å². The van der Waals surface area contributed by atoms with Crippen LogP contribution in [0.25, 0.3) is 0 Å². The van der Waals surface area contributed by atoms with Gasteiger partial charge in [-0.15, -0.1) is 0 Å². The van der Waals surface area contributed by atoms with Gasteiger partial charge in [-0.25, -0.2) is 0 Å². The molecule has 0 saturated heterocycles. The minimum absolute atomic E-state index is 0.416. The number of halogens is 1. The van der Waals surface area contributed by atoms with Crippen molar-refractivity contribution in [2.24, 2.45) is 4.99 Å². The van der Waals surface area contributed by atoms with Crippen LogP contribution in [-0.2, 0) is 0 Å². The van der Waals surface area contributed by atoms with Gasteiger partial charge in [0, 0.05) is 0 Å². The molecule has 0 bridgehead atoms. The molecule has 2 nitrogen and oxygen atoms in total. The number of aliphatic imine (C=N–C) groups is 1. The molecule has 94 valence electrons. The molecule has 2 rings (SSSR count).